The normalized spacial score (nSPS) is 7.62. The Labute approximate surface area is 61.4 Å². The zero-order chi connectivity index (χ0) is 5.11. The van der Waals surface area contributed by atoms with Gasteiger partial charge in [0.05, 0.1) is 0 Å². The minimum absolute atomic E-state index is 0. The van der Waals surface area contributed by atoms with Crippen LogP contribution in [-0.4, -0.2) is 22.5 Å². The predicted octanol–water partition coefficient (Wildman–Crippen LogP) is 0.633. The van der Waals surface area contributed by atoms with E-state index in [9.17, 15) is 0 Å². The summed E-state index contributed by atoms with van der Waals surface area (Å²) in [5.41, 5.74) is 0. The Balaban J connectivity index is 0.000000490. The van der Waals surface area contributed by atoms with Crippen molar-refractivity contribution < 1.29 is 4.70 Å². The second-order valence-corrected chi connectivity index (χ2v) is 3.01. The first-order valence-electron chi connectivity index (χ1n) is 2.16. The van der Waals surface area contributed by atoms with Gasteiger partial charge in [-0.1, -0.05) is 0 Å². The van der Waals surface area contributed by atoms with Crippen molar-refractivity contribution >= 4 is 26.1 Å². The van der Waals surface area contributed by atoms with Crippen LogP contribution in [0.25, 0.3) is 0 Å². The van der Waals surface area contributed by atoms with Gasteiger partial charge in [-0.3, -0.25) is 4.70 Å². The second-order valence-electron chi connectivity index (χ2n) is 1.37. The van der Waals surface area contributed by atoms with Gasteiger partial charge in [-0.15, -0.1) is 0 Å². The van der Waals surface area contributed by atoms with Crippen molar-refractivity contribution in [2.45, 2.75) is 0 Å². The van der Waals surface area contributed by atoms with Crippen LogP contribution < -0.4 is 3.58 Å². The van der Waals surface area contributed by atoms with Crippen LogP contribution in [0.2, 0.25) is 0 Å². The van der Waals surface area contributed by atoms with E-state index in [4.69, 9.17) is 0 Å². The summed E-state index contributed by atoms with van der Waals surface area (Å²) in [7, 11) is 0. The van der Waals surface area contributed by atoms with Crippen molar-refractivity contribution in [3.05, 3.63) is 30.3 Å². The first kappa shape index (κ1) is 7.95. The van der Waals surface area contributed by atoms with Crippen LogP contribution in [0, 0.1) is 0 Å². The van der Waals surface area contributed by atoms with Gasteiger partial charge in [0.2, 0.25) is 0 Å². The molecule has 0 aliphatic rings. The topological polar surface area (TPSA) is 0 Å². The van der Waals surface area contributed by atoms with Crippen LogP contribution in [-0.2, 0) is 0 Å². The molecule has 0 spiro atoms. The van der Waals surface area contributed by atoms with E-state index >= 15 is 0 Å². The van der Waals surface area contributed by atoms with E-state index in [0.29, 0.717) is 0 Å². The van der Waals surface area contributed by atoms with E-state index in [2.05, 4.69) is 24.3 Å². The molecule has 0 heterocycles. The summed E-state index contributed by atoms with van der Waals surface area (Å²) < 4.78 is 1.41. The molecule has 0 saturated carbocycles. The maximum absolute atomic E-state index is 2.12. The van der Waals surface area contributed by atoms with Crippen molar-refractivity contribution in [2.24, 2.45) is 0 Å². The Bertz CT molecular complexity index is 138. The second kappa shape index (κ2) is 3.89. The molecule has 0 N–H and O–H groups in total. The first-order chi connectivity index (χ1) is 3.39. The summed E-state index contributed by atoms with van der Waals surface area (Å²) in [5, 5.41) is 0. The summed E-state index contributed by atoms with van der Waals surface area (Å²) >= 11 is 1.49. The fraction of sp³-hybridized carbons (Fsp3) is 0. The molecule has 0 aromatic heterocycles. The fourth-order valence-electron chi connectivity index (χ4n) is 0.438. The number of rotatable bonds is 0. The van der Waals surface area contributed by atoms with Gasteiger partial charge in [0.15, 0.2) is 0 Å². The third-order valence-corrected chi connectivity index (χ3v) is 1.73. The van der Waals surface area contributed by atoms with Gasteiger partial charge in [-0.05, 0) is 0 Å². The van der Waals surface area contributed by atoms with Crippen molar-refractivity contribution in [1.82, 2.24) is 0 Å². The Morgan fingerprint density at radius 3 is 1.75 bits per heavy atom. The number of benzene rings is 1. The van der Waals surface area contributed by atoms with Crippen LogP contribution in [0.3, 0.4) is 0 Å². The zero-order valence-corrected chi connectivity index (χ0v) is 7.15. The molecule has 2 heteroatoms. The molecule has 0 bridgehead atoms. The molecule has 0 amide bonds. The Hall–Kier alpha value is -0.0513. The van der Waals surface area contributed by atoms with Gasteiger partial charge < -0.3 is 0 Å². The van der Waals surface area contributed by atoms with E-state index < -0.39 is 0 Å². The van der Waals surface area contributed by atoms with Gasteiger partial charge in [0.1, 0.15) is 0 Å². The molecule has 0 unspecified atom stereocenters. The molecule has 0 aliphatic heterocycles. The SMILES string of the molecule is F.[Sn][c]1ccccc1. The Kier molecular flexibility index (Phi) is 3.87. The van der Waals surface area contributed by atoms with Crippen molar-refractivity contribution in [3.63, 3.8) is 0 Å². The average Bonchev–Trinajstić information content (AvgIpc) is 1.69. The van der Waals surface area contributed by atoms with Gasteiger partial charge in [-0.2, -0.15) is 0 Å². The number of hydrogen-bond acceptors (Lipinski definition) is 0. The monoisotopic (exact) mass is 217 g/mol. The predicted molar refractivity (Wildman–Crippen MR) is 34.3 cm³/mol. The van der Waals surface area contributed by atoms with Crippen LogP contribution >= 0.6 is 0 Å². The van der Waals surface area contributed by atoms with E-state index in [-0.39, 0.29) is 4.70 Å². The zero-order valence-electron chi connectivity index (χ0n) is 4.29. The van der Waals surface area contributed by atoms with Gasteiger partial charge in [0.25, 0.3) is 0 Å². The van der Waals surface area contributed by atoms with Gasteiger partial charge in [0, 0.05) is 0 Å². The Morgan fingerprint density at radius 1 is 1.00 bits per heavy atom. The van der Waals surface area contributed by atoms with E-state index in [1.165, 1.54) is 26.1 Å². The van der Waals surface area contributed by atoms with Crippen LogP contribution in [0.1, 0.15) is 0 Å². The van der Waals surface area contributed by atoms with E-state index in [0.717, 1.165) is 0 Å². The van der Waals surface area contributed by atoms with E-state index in [1.54, 1.807) is 0 Å². The van der Waals surface area contributed by atoms with Crippen molar-refractivity contribution in [2.75, 3.05) is 0 Å². The number of halogens is 1. The first-order valence-corrected chi connectivity index (χ1v) is 3.59. The summed E-state index contributed by atoms with van der Waals surface area (Å²) in [6, 6.07) is 10.4. The van der Waals surface area contributed by atoms with Crippen molar-refractivity contribution in [1.29, 1.82) is 0 Å². The van der Waals surface area contributed by atoms with Crippen LogP contribution in [0.5, 0.6) is 0 Å². The molecule has 1 aromatic carbocycles. The maximum atomic E-state index is 2.12. The number of hydrogen-bond donors (Lipinski definition) is 0. The molecule has 8 heavy (non-hydrogen) atoms. The molecule has 1 rings (SSSR count). The van der Waals surface area contributed by atoms with Crippen molar-refractivity contribution in [3.8, 4) is 0 Å². The third kappa shape index (κ3) is 2.31. The van der Waals surface area contributed by atoms with Crippen LogP contribution in [0.4, 0.5) is 4.70 Å². The average molecular weight is 216 g/mol. The summed E-state index contributed by atoms with van der Waals surface area (Å²) in [4.78, 5) is 0. The minimum atomic E-state index is 0. The molecule has 0 aliphatic carbocycles. The summed E-state index contributed by atoms with van der Waals surface area (Å²) in [6.07, 6.45) is 0. The fourth-order valence-corrected chi connectivity index (χ4v) is 0.987. The molecular weight excluding hydrogens is 210 g/mol. The third-order valence-electron chi connectivity index (χ3n) is 0.774. The summed E-state index contributed by atoms with van der Waals surface area (Å²) in [6.45, 7) is 0. The van der Waals surface area contributed by atoms with Gasteiger partial charge >= 0.3 is 56.4 Å². The molecule has 3 radical (unpaired) electrons. The summed E-state index contributed by atoms with van der Waals surface area (Å²) in [5.74, 6) is 0. The molecule has 0 fully saturated rings. The van der Waals surface area contributed by atoms with E-state index in [1.807, 2.05) is 6.07 Å². The molecule has 0 atom stereocenters. The molecule has 0 nitrogen and oxygen atoms in total. The standard InChI is InChI=1S/C6H5.FH.Sn/c1-2-4-6-5-3-1;;/h1-5H;1H;. The van der Waals surface area contributed by atoms with Crippen LogP contribution in [0.15, 0.2) is 30.3 Å². The molecule has 0 saturated heterocycles. The van der Waals surface area contributed by atoms with Gasteiger partial charge in [-0.25, -0.2) is 0 Å². The Morgan fingerprint density at radius 2 is 1.50 bits per heavy atom. The molecular formula is C6H6FSn. The quantitative estimate of drug-likeness (QED) is 0.558. The molecule has 41 valence electrons. The molecule has 1 aromatic rings.